The molecule has 0 saturated carbocycles. The number of benzene rings is 10. The van der Waals surface area contributed by atoms with Crippen LogP contribution in [0.2, 0.25) is 0 Å². The Morgan fingerprint density at radius 1 is 0.419 bits per heavy atom. The first-order valence-corrected chi connectivity index (χ1v) is 21.6. The summed E-state index contributed by atoms with van der Waals surface area (Å²) in [5.74, 6) is 0.861. The maximum Gasteiger partial charge on any atom is 0.137 e. The smallest absolute Gasteiger partial charge is 0.137 e. The zero-order valence-corrected chi connectivity index (χ0v) is 34.2. The van der Waals surface area contributed by atoms with Crippen LogP contribution in [0.15, 0.2) is 200 Å². The molecule has 12 aromatic rings. The van der Waals surface area contributed by atoms with E-state index in [0.717, 1.165) is 34.4 Å². The van der Waals surface area contributed by atoms with Gasteiger partial charge in [-0.05, 0) is 128 Å². The van der Waals surface area contributed by atoms with Crippen LogP contribution in [-0.4, -0.2) is 14.5 Å². The minimum atomic E-state index is -0.00185. The van der Waals surface area contributed by atoms with E-state index in [1.165, 1.54) is 98.8 Å². The molecule has 0 amide bonds. The first kappa shape index (κ1) is 34.9. The average Bonchev–Trinajstić information content (AvgIpc) is 3.67. The third-order valence-electron chi connectivity index (χ3n) is 13.4. The number of hydrogen-bond acceptors (Lipinski definition) is 2. The molecule has 0 aliphatic heterocycles. The van der Waals surface area contributed by atoms with Crippen LogP contribution in [-0.2, 0) is 6.42 Å². The molecule has 3 nitrogen and oxygen atoms in total. The Kier molecular flexibility index (Phi) is 7.65. The van der Waals surface area contributed by atoms with Gasteiger partial charge in [-0.2, -0.15) is 0 Å². The normalized spacial score (nSPS) is 13.7. The van der Waals surface area contributed by atoms with Crippen LogP contribution in [0.5, 0.6) is 0 Å². The van der Waals surface area contributed by atoms with Crippen molar-refractivity contribution in [3.8, 4) is 39.2 Å². The Bertz CT molecular complexity index is 3770. The molecular formula is C59H39N3. The zero-order valence-electron chi connectivity index (χ0n) is 34.2. The van der Waals surface area contributed by atoms with Gasteiger partial charge in [-0.15, -0.1) is 0 Å². The SMILES string of the molecule is Cc1ccc2c(c1)-c1cc(-c3ccc4c(c3)c3ccccc3n4-c3ccccc3)ccc1CC2c1nc(-c2ccc3c4ccccc4c4ccccc4c3c2)c2ccccc2n1. The predicted octanol–water partition coefficient (Wildman–Crippen LogP) is 15.2. The van der Waals surface area contributed by atoms with Crippen LogP contribution in [0, 0.1) is 6.92 Å². The summed E-state index contributed by atoms with van der Waals surface area (Å²) in [6.45, 7) is 2.20. The summed E-state index contributed by atoms with van der Waals surface area (Å²) in [5.41, 5.74) is 15.5. The maximum absolute atomic E-state index is 5.57. The van der Waals surface area contributed by atoms with E-state index in [9.17, 15) is 0 Å². The fraction of sp³-hybridized carbons (Fsp3) is 0.0508. The average molecular weight is 790 g/mol. The van der Waals surface area contributed by atoms with Crippen molar-refractivity contribution in [3.63, 3.8) is 0 Å². The van der Waals surface area contributed by atoms with E-state index in [4.69, 9.17) is 9.97 Å². The highest BCUT2D eigenvalue weighted by Gasteiger charge is 2.30. The van der Waals surface area contributed by atoms with E-state index >= 15 is 0 Å². The van der Waals surface area contributed by atoms with Crippen LogP contribution < -0.4 is 0 Å². The van der Waals surface area contributed by atoms with Crippen LogP contribution in [0.25, 0.3) is 104 Å². The van der Waals surface area contributed by atoms with Gasteiger partial charge in [0.15, 0.2) is 0 Å². The Balaban J connectivity index is 0.942. The van der Waals surface area contributed by atoms with Gasteiger partial charge in [0.25, 0.3) is 0 Å². The Hall–Kier alpha value is -7.88. The second-order valence-electron chi connectivity index (χ2n) is 16.9. The van der Waals surface area contributed by atoms with Crippen LogP contribution in [0.4, 0.5) is 0 Å². The number of aromatic nitrogens is 3. The lowest BCUT2D eigenvalue weighted by atomic mass is 9.77. The van der Waals surface area contributed by atoms with Gasteiger partial charge in [-0.1, -0.05) is 157 Å². The molecule has 0 spiro atoms. The molecule has 0 fully saturated rings. The van der Waals surface area contributed by atoms with Gasteiger partial charge in [0.05, 0.1) is 22.2 Å². The van der Waals surface area contributed by atoms with Crippen molar-refractivity contribution in [2.45, 2.75) is 19.3 Å². The number of fused-ring (bicyclic) bond motifs is 13. The summed E-state index contributed by atoms with van der Waals surface area (Å²) in [5, 5.41) is 11.2. The van der Waals surface area contributed by atoms with Gasteiger partial charge in [0, 0.05) is 33.3 Å². The molecule has 2 aromatic heterocycles. The third kappa shape index (κ3) is 5.31. The van der Waals surface area contributed by atoms with Gasteiger partial charge in [0.1, 0.15) is 5.82 Å². The van der Waals surface area contributed by atoms with Crippen LogP contribution in [0.1, 0.15) is 28.4 Å². The molecular weight excluding hydrogens is 751 g/mol. The molecule has 1 unspecified atom stereocenters. The molecule has 0 radical (unpaired) electrons. The van der Waals surface area contributed by atoms with Crippen molar-refractivity contribution < 1.29 is 0 Å². The van der Waals surface area contributed by atoms with E-state index in [2.05, 4.69) is 212 Å². The molecule has 2 heterocycles. The molecule has 13 rings (SSSR count). The van der Waals surface area contributed by atoms with Crippen molar-refractivity contribution in [1.82, 2.24) is 14.5 Å². The highest BCUT2D eigenvalue weighted by molar-refractivity contribution is 6.26. The molecule has 1 aliphatic carbocycles. The van der Waals surface area contributed by atoms with Crippen LogP contribution >= 0.6 is 0 Å². The van der Waals surface area contributed by atoms with Gasteiger partial charge >= 0.3 is 0 Å². The molecule has 0 N–H and O–H groups in total. The highest BCUT2D eigenvalue weighted by Crippen LogP contribution is 2.46. The summed E-state index contributed by atoms with van der Waals surface area (Å²) in [6.07, 6.45) is 0.821. The molecule has 1 atom stereocenters. The molecule has 62 heavy (non-hydrogen) atoms. The summed E-state index contributed by atoms with van der Waals surface area (Å²) in [6, 6.07) is 73.3. The molecule has 3 heteroatoms. The summed E-state index contributed by atoms with van der Waals surface area (Å²) in [7, 11) is 0. The van der Waals surface area contributed by atoms with E-state index in [1.807, 2.05) is 0 Å². The van der Waals surface area contributed by atoms with Gasteiger partial charge in [0.2, 0.25) is 0 Å². The zero-order chi connectivity index (χ0) is 40.9. The summed E-state index contributed by atoms with van der Waals surface area (Å²) < 4.78 is 2.38. The quantitative estimate of drug-likeness (QED) is 0.166. The highest BCUT2D eigenvalue weighted by atomic mass is 15.0. The van der Waals surface area contributed by atoms with Gasteiger partial charge in [-0.3, -0.25) is 0 Å². The minimum Gasteiger partial charge on any atom is -0.309 e. The number of aryl methyl sites for hydroxylation is 1. The molecule has 0 saturated heterocycles. The van der Waals surface area contributed by atoms with Crippen molar-refractivity contribution in [2.75, 3.05) is 0 Å². The van der Waals surface area contributed by atoms with Crippen molar-refractivity contribution in [2.24, 2.45) is 0 Å². The second kappa shape index (κ2) is 13.6. The van der Waals surface area contributed by atoms with E-state index in [-0.39, 0.29) is 5.92 Å². The lowest BCUT2D eigenvalue weighted by Gasteiger charge is -2.28. The predicted molar refractivity (Wildman–Crippen MR) is 259 cm³/mol. The van der Waals surface area contributed by atoms with Gasteiger partial charge < -0.3 is 4.57 Å². The van der Waals surface area contributed by atoms with E-state index < -0.39 is 0 Å². The lowest BCUT2D eigenvalue weighted by molar-refractivity contribution is 0.736. The Morgan fingerprint density at radius 2 is 1.02 bits per heavy atom. The fourth-order valence-corrected chi connectivity index (χ4v) is 10.5. The first-order valence-electron chi connectivity index (χ1n) is 21.6. The Morgan fingerprint density at radius 3 is 1.81 bits per heavy atom. The number of para-hydroxylation sites is 3. The standard InChI is InChI=1S/C59H39N3/c1-36-23-28-47-51(31-36)50-32-37(38-27-30-57-53(33-38)48-19-10-12-22-56(48)62(57)41-13-3-2-4-14-41)24-25-39(50)34-54(47)59-60-55-21-11-9-20-49(55)58(61-59)40-26-29-46-44-17-6-5-15-42(44)43-16-7-8-18-45(43)52(46)35-40/h2-33,35,54H,34H2,1H3. The minimum absolute atomic E-state index is 0.00185. The molecule has 1 aliphatic rings. The lowest BCUT2D eigenvalue weighted by Crippen LogP contribution is -2.16. The number of nitrogens with zero attached hydrogens (tertiary/aromatic N) is 3. The Labute approximate surface area is 359 Å². The van der Waals surface area contributed by atoms with Crippen molar-refractivity contribution in [1.29, 1.82) is 0 Å². The first-order chi connectivity index (χ1) is 30.6. The summed E-state index contributed by atoms with van der Waals surface area (Å²) in [4.78, 5) is 10.9. The molecule has 290 valence electrons. The van der Waals surface area contributed by atoms with Crippen LogP contribution in [0.3, 0.4) is 0 Å². The van der Waals surface area contributed by atoms with Crippen molar-refractivity contribution in [3.05, 3.63) is 223 Å². The fourth-order valence-electron chi connectivity index (χ4n) is 10.5. The molecule has 10 aromatic carbocycles. The summed E-state index contributed by atoms with van der Waals surface area (Å²) >= 11 is 0. The second-order valence-corrected chi connectivity index (χ2v) is 16.9. The third-order valence-corrected chi connectivity index (χ3v) is 13.4. The monoisotopic (exact) mass is 789 g/mol. The number of rotatable bonds is 4. The topological polar surface area (TPSA) is 30.7 Å². The largest absolute Gasteiger partial charge is 0.309 e. The number of hydrogen-bond donors (Lipinski definition) is 0. The van der Waals surface area contributed by atoms with E-state index in [0.29, 0.717) is 0 Å². The van der Waals surface area contributed by atoms with Crippen molar-refractivity contribution >= 4 is 65.0 Å². The molecule has 0 bridgehead atoms. The maximum atomic E-state index is 5.57. The van der Waals surface area contributed by atoms with E-state index in [1.54, 1.807) is 0 Å². The van der Waals surface area contributed by atoms with Gasteiger partial charge in [-0.25, -0.2) is 9.97 Å².